The quantitative estimate of drug-likeness (QED) is 0.795. The molecule has 0 saturated carbocycles. The van der Waals surface area contributed by atoms with E-state index in [1.807, 2.05) is 36.9 Å². The molecule has 28 heavy (non-hydrogen) atoms. The van der Waals surface area contributed by atoms with Crippen LogP contribution in [-0.2, 0) is 11.2 Å². The van der Waals surface area contributed by atoms with E-state index in [-0.39, 0.29) is 11.4 Å². The van der Waals surface area contributed by atoms with Crippen LogP contribution in [0.15, 0.2) is 30.6 Å². The summed E-state index contributed by atoms with van der Waals surface area (Å²) in [5, 5.41) is 7.64. The van der Waals surface area contributed by atoms with Crippen molar-refractivity contribution in [2.24, 2.45) is 0 Å². The van der Waals surface area contributed by atoms with Crippen molar-refractivity contribution in [3.05, 3.63) is 41.9 Å². The van der Waals surface area contributed by atoms with E-state index in [0.717, 1.165) is 55.7 Å². The topological polar surface area (TPSA) is 72.3 Å². The van der Waals surface area contributed by atoms with E-state index in [4.69, 9.17) is 4.74 Å². The van der Waals surface area contributed by atoms with Crippen molar-refractivity contribution in [3.8, 4) is 5.82 Å². The molecule has 0 spiro atoms. The van der Waals surface area contributed by atoms with E-state index < -0.39 is 0 Å². The van der Waals surface area contributed by atoms with E-state index >= 15 is 0 Å². The minimum absolute atomic E-state index is 0.0352. The number of carbonyl (C=O) groups is 1. The largest absolute Gasteiger partial charge is 0.379 e. The Labute approximate surface area is 169 Å². The van der Waals surface area contributed by atoms with Crippen LogP contribution in [0, 0.1) is 0 Å². The molecule has 8 heteroatoms. The Balaban J connectivity index is 1.50. The zero-order valence-corrected chi connectivity index (χ0v) is 17.1. The van der Waals surface area contributed by atoms with Gasteiger partial charge in [-0.25, -0.2) is 9.67 Å². The van der Waals surface area contributed by atoms with Gasteiger partial charge in [-0.3, -0.25) is 9.69 Å². The second-order valence-corrected chi connectivity index (χ2v) is 8.37. The number of pyridine rings is 1. The first kappa shape index (κ1) is 19.4. The summed E-state index contributed by atoms with van der Waals surface area (Å²) >= 11 is 1.97. The number of carbonyl (C=O) groups excluding carboxylic acids is 1. The zero-order valence-electron chi connectivity index (χ0n) is 16.3. The van der Waals surface area contributed by atoms with E-state index in [1.54, 1.807) is 17.1 Å². The predicted octanol–water partition coefficient (Wildman–Crippen LogP) is 1.77. The van der Waals surface area contributed by atoms with Crippen LogP contribution in [0.2, 0.25) is 0 Å². The predicted molar refractivity (Wildman–Crippen MR) is 110 cm³/mol. The average molecular weight is 402 g/mol. The van der Waals surface area contributed by atoms with Crippen molar-refractivity contribution in [1.29, 1.82) is 0 Å². The number of thioether (sulfide) groups is 1. The van der Waals surface area contributed by atoms with Gasteiger partial charge in [0.1, 0.15) is 0 Å². The van der Waals surface area contributed by atoms with Gasteiger partial charge in [0, 0.05) is 37.1 Å². The lowest BCUT2D eigenvalue weighted by Gasteiger charge is -2.43. The normalized spacial score (nSPS) is 23.0. The van der Waals surface area contributed by atoms with Gasteiger partial charge in [-0.1, -0.05) is 13.0 Å². The highest BCUT2D eigenvalue weighted by Gasteiger charge is 2.41. The van der Waals surface area contributed by atoms with Crippen LogP contribution in [0.4, 0.5) is 0 Å². The lowest BCUT2D eigenvalue weighted by atomic mass is 9.95. The number of aromatic nitrogens is 3. The number of ether oxygens (including phenoxy) is 1. The fourth-order valence-electron chi connectivity index (χ4n) is 4.05. The third kappa shape index (κ3) is 3.81. The highest BCUT2D eigenvalue weighted by Crippen LogP contribution is 2.33. The lowest BCUT2D eigenvalue weighted by Crippen LogP contribution is -2.59. The van der Waals surface area contributed by atoms with Crippen LogP contribution in [-0.4, -0.2) is 75.5 Å². The molecule has 1 atom stereocenters. The summed E-state index contributed by atoms with van der Waals surface area (Å²) in [6, 6.07) is 5.70. The molecule has 1 N–H and O–H groups in total. The summed E-state index contributed by atoms with van der Waals surface area (Å²) in [5.41, 5.74) is 1.56. The summed E-state index contributed by atoms with van der Waals surface area (Å²) in [6.45, 7) is 6.13. The first-order valence-electron chi connectivity index (χ1n) is 9.90. The average Bonchev–Trinajstić information content (AvgIpc) is 3.41. The van der Waals surface area contributed by atoms with Gasteiger partial charge in [0.25, 0.3) is 5.91 Å². The van der Waals surface area contributed by atoms with Crippen molar-refractivity contribution in [2.45, 2.75) is 25.3 Å². The molecular weight excluding hydrogens is 374 g/mol. The Morgan fingerprint density at radius 2 is 2.21 bits per heavy atom. The molecule has 1 unspecified atom stereocenters. The highest BCUT2D eigenvalue weighted by atomic mass is 32.2. The van der Waals surface area contributed by atoms with Crippen LogP contribution < -0.4 is 5.32 Å². The van der Waals surface area contributed by atoms with Crippen LogP contribution in [0.1, 0.15) is 29.4 Å². The molecule has 1 amide bonds. The molecule has 2 aromatic heterocycles. The molecule has 150 valence electrons. The Morgan fingerprint density at radius 1 is 1.36 bits per heavy atom. The third-order valence-corrected chi connectivity index (χ3v) is 6.89. The first-order valence-corrected chi connectivity index (χ1v) is 11.1. The standard InChI is InChI=1S/C20H27N5O2S/c1-2-17-16(13-23-25(17)18-5-3-4-7-21-18)19(26)22-14-20(6-12-28-15-20)24-8-10-27-11-9-24/h3-5,7,13H,2,6,8-12,14-15H2,1H3,(H,22,26). The molecule has 7 nitrogen and oxygen atoms in total. The van der Waals surface area contributed by atoms with E-state index in [1.165, 1.54) is 0 Å². The third-order valence-electron chi connectivity index (χ3n) is 5.66. The maximum atomic E-state index is 13.0. The molecule has 2 fully saturated rings. The van der Waals surface area contributed by atoms with Gasteiger partial charge in [-0.2, -0.15) is 16.9 Å². The fourth-order valence-corrected chi connectivity index (χ4v) is 5.53. The maximum absolute atomic E-state index is 13.0. The van der Waals surface area contributed by atoms with Crippen molar-refractivity contribution in [2.75, 3.05) is 44.4 Å². The van der Waals surface area contributed by atoms with Crippen LogP contribution in [0.5, 0.6) is 0 Å². The lowest BCUT2D eigenvalue weighted by molar-refractivity contribution is -0.0129. The molecule has 0 aromatic carbocycles. The Hall–Kier alpha value is -1.90. The molecule has 2 saturated heterocycles. The Morgan fingerprint density at radius 3 is 2.89 bits per heavy atom. The van der Waals surface area contributed by atoms with Crippen LogP contribution >= 0.6 is 11.8 Å². The summed E-state index contributed by atoms with van der Waals surface area (Å²) < 4.78 is 7.28. The highest BCUT2D eigenvalue weighted by molar-refractivity contribution is 7.99. The van der Waals surface area contributed by atoms with Gasteiger partial charge in [0.2, 0.25) is 0 Å². The molecule has 2 aromatic rings. The maximum Gasteiger partial charge on any atom is 0.254 e. The van der Waals surface area contributed by atoms with Crippen molar-refractivity contribution in [3.63, 3.8) is 0 Å². The molecule has 2 aliphatic rings. The van der Waals surface area contributed by atoms with Gasteiger partial charge < -0.3 is 10.1 Å². The molecule has 4 heterocycles. The molecule has 2 aliphatic heterocycles. The van der Waals surface area contributed by atoms with E-state index in [9.17, 15) is 4.79 Å². The summed E-state index contributed by atoms with van der Waals surface area (Å²) in [6.07, 6.45) is 5.21. The number of rotatable bonds is 6. The van der Waals surface area contributed by atoms with Crippen molar-refractivity contribution in [1.82, 2.24) is 25.0 Å². The monoisotopic (exact) mass is 401 g/mol. The summed E-state index contributed by atoms with van der Waals surface area (Å²) in [7, 11) is 0. The zero-order chi connectivity index (χ0) is 19.4. The number of hydrogen-bond acceptors (Lipinski definition) is 6. The first-order chi connectivity index (χ1) is 13.7. The summed E-state index contributed by atoms with van der Waals surface area (Å²) in [4.78, 5) is 19.9. The fraction of sp³-hybridized carbons (Fsp3) is 0.550. The summed E-state index contributed by atoms with van der Waals surface area (Å²) in [5.74, 6) is 2.88. The minimum atomic E-state index is -0.0523. The number of nitrogens with zero attached hydrogens (tertiary/aromatic N) is 4. The molecule has 4 rings (SSSR count). The minimum Gasteiger partial charge on any atom is -0.379 e. The second-order valence-electron chi connectivity index (χ2n) is 7.27. The smallest absolute Gasteiger partial charge is 0.254 e. The number of amides is 1. The molecule has 0 aliphatic carbocycles. The van der Waals surface area contributed by atoms with Gasteiger partial charge in [0.05, 0.1) is 30.7 Å². The van der Waals surface area contributed by atoms with E-state index in [0.29, 0.717) is 18.5 Å². The van der Waals surface area contributed by atoms with E-state index in [2.05, 4.69) is 20.3 Å². The van der Waals surface area contributed by atoms with Gasteiger partial charge in [0.15, 0.2) is 5.82 Å². The number of nitrogens with one attached hydrogen (secondary N) is 1. The van der Waals surface area contributed by atoms with Crippen molar-refractivity contribution >= 4 is 17.7 Å². The number of hydrogen-bond donors (Lipinski definition) is 1. The van der Waals surface area contributed by atoms with Crippen LogP contribution in [0.25, 0.3) is 5.82 Å². The van der Waals surface area contributed by atoms with Gasteiger partial charge in [-0.05, 0) is 30.7 Å². The number of morpholine rings is 1. The van der Waals surface area contributed by atoms with Gasteiger partial charge in [-0.15, -0.1) is 0 Å². The van der Waals surface area contributed by atoms with Crippen molar-refractivity contribution < 1.29 is 9.53 Å². The molecular formula is C20H27N5O2S. The Bertz CT molecular complexity index is 798. The molecule has 0 radical (unpaired) electrons. The Kier molecular flexibility index (Phi) is 5.99. The van der Waals surface area contributed by atoms with Gasteiger partial charge >= 0.3 is 0 Å². The molecule has 0 bridgehead atoms. The SMILES string of the molecule is CCc1c(C(=O)NCC2(N3CCOCC3)CCSC2)cnn1-c1ccccn1. The second kappa shape index (κ2) is 8.63. The van der Waals surface area contributed by atoms with Crippen LogP contribution in [0.3, 0.4) is 0 Å².